The van der Waals surface area contributed by atoms with Crippen molar-refractivity contribution in [3.05, 3.63) is 42.2 Å². The zero-order chi connectivity index (χ0) is 43.4. The van der Waals surface area contributed by atoms with Gasteiger partial charge in [0.15, 0.2) is 18.7 Å². The van der Waals surface area contributed by atoms with Gasteiger partial charge in [-0.25, -0.2) is 4.99 Å². The molecule has 3 aliphatic rings. The average Bonchev–Trinajstić information content (AvgIpc) is 3.20. The van der Waals surface area contributed by atoms with Gasteiger partial charge in [0.2, 0.25) is 5.91 Å². The minimum absolute atomic E-state index is 0.0251. The van der Waals surface area contributed by atoms with Crippen molar-refractivity contribution in [3.63, 3.8) is 0 Å². The standard InChI is InChI=1S/C44H64N4O11/c1-12-35-44(9,53)40-26(4)36(46-29(7)49)24(2)20-43(8,55-22-31(21-54-40)47-56-23-33-32-16-14-13-15-30(32)17-18-45-33)39(27(5)37(50)28(6)41(52)58-35)59-42-38(51)34(48(10)11)19-25(3)57-42/h13-18,24-28,34-35,38-40,42,51,53H,12,19-23H2,1-11H3/b46-36?,47-31+/t24-,25-,26+,27+,28-,34+,35-,38-,39-,40-,42+,43-,44-/m1/s1. The number of cyclic esters (lactones) is 1. The Hall–Kier alpha value is -3.70. The fraction of sp³-hybridized carbons (Fsp3) is 0.682. The lowest BCUT2D eigenvalue weighted by molar-refractivity contribution is -0.296. The number of carbonyl (C=O) groups is 3. The highest BCUT2D eigenvalue weighted by molar-refractivity contribution is 6.00. The highest BCUT2D eigenvalue weighted by Crippen LogP contribution is 2.40. The zero-order valence-electron chi connectivity index (χ0n) is 36.4. The summed E-state index contributed by atoms with van der Waals surface area (Å²) >= 11 is 0. The molecule has 15 nitrogen and oxygen atoms in total. The van der Waals surface area contributed by atoms with E-state index in [1.807, 2.05) is 70.1 Å². The third-order valence-electron chi connectivity index (χ3n) is 12.3. The molecule has 0 aliphatic carbocycles. The second kappa shape index (κ2) is 19.3. The first-order valence-electron chi connectivity index (χ1n) is 20.8. The van der Waals surface area contributed by atoms with Gasteiger partial charge in [-0.2, -0.15) is 0 Å². The number of esters is 1. The molecule has 2 aromatic rings. The van der Waals surface area contributed by atoms with Gasteiger partial charge in [-0.15, -0.1) is 0 Å². The number of aliphatic hydroxyl groups excluding tert-OH is 1. The molecule has 3 aliphatic heterocycles. The van der Waals surface area contributed by atoms with Crippen molar-refractivity contribution in [3.8, 4) is 0 Å². The third-order valence-corrected chi connectivity index (χ3v) is 12.3. The number of aliphatic hydroxyl groups is 2. The van der Waals surface area contributed by atoms with E-state index in [2.05, 4.69) is 15.1 Å². The SMILES string of the molecule is CC[C@H]1OC(=O)[C@H](C)C(=O)[C@H](C)[C@@H](O[C@@H]2O[C@H](C)C[C@H](N(C)C)[C@H]2O)[C@@]2(C)C[C@@H](C)C(=NC(C)=O)[C@H](C)[C@@H](OC/C(=N\OCc3nccc4ccccc34)CO2)[C@]1(C)O. The molecule has 3 saturated heterocycles. The molecule has 1 aromatic heterocycles. The quantitative estimate of drug-likeness (QED) is 0.223. The van der Waals surface area contributed by atoms with Crippen molar-refractivity contribution in [2.75, 3.05) is 27.3 Å². The molecule has 0 saturated carbocycles. The molecule has 0 radical (unpaired) electrons. The lowest BCUT2D eigenvalue weighted by Gasteiger charge is -2.47. The molecular formula is C44H64N4O11. The van der Waals surface area contributed by atoms with E-state index in [4.69, 9.17) is 28.5 Å². The van der Waals surface area contributed by atoms with Crippen LogP contribution in [0, 0.1) is 23.7 Å². The van der Waals surface area contributed by atoms with Crippen LogP contribution in [-0.4, -0.2) is 131 Å². The highest BCUT2D eigenvalue weighted by atomic mass is 16.7. The van der Waals surface area contributed by atoms with Crippen LogP contribution in [0.25, 0.3) is 10.8 Å². The van der Waals surface area contributed by atoms with E-state index >= 15 is 0 Å². The van der Waals surface area contributed by atoms with Crippen molar-refractivity contribution in [1.82, 2.24) is 9.88 Å². The van der Waals surface area contributed by atoms with Crippen LogP contribution in [0.5, 0.6) is 0 Å². The number of pyridine rings is 1. The number of ketones is 1. The van der Waals surface area contributed by atoms with E-state index < -0.39 is 83.2 Å². The van der Waals surface area contributed by atoms with Crippen molar-refractivity contribution in [2.45, 2.75) is 142 Å². The number of ether oxygens (including phenoxy) is 5. The Balaban J connectivity index is 1.68. The van der Waals surface area contributed by atoms with Crippen LogP contribution in [0.4, 0.5) is 0 Å². The van der Waals surface area contributed by atoms with Crippen molar-refractivity contribution in [1.29, 1.82) is 0 Å². The first kappa shape index (κ1) is 46.4. The molecule has 4 heterocycles. The summed E-state index contributed by atoms with van der Waals surface area (Å²) in [6.07, 6.45) is -3.40. The number of Topliss-reactive ketones (excluding diaryl/α,β-unsaturated/α-hetero) is 1. The van der Waals surface area contributed by atoms with Crippen molar-refractivity contribution in [2.24, 2.45) is 33.8 Å². The van der Waals surface area contributed by atoms with Gasteiger partial charge in [-0.05, 0) is 78.4 Å². The van der Waals surface area contributed by atoms with Gasteiger partial charge >= 0.3 is 5.97 Å². The maximum absolute atomic E-state index is 14.5. The zero-order valence-corrected chi connectivity index (χ0v) is 36.4. The number of rotatable bonds is 7. The van der Waals surface area contributed by atoms with Crippen LogP contribution in [0.3, 0.4) is 0 Å². The molecule has 13 atom stereocenters. The number of fused-ring (bicyclic) bond motifs is 6. The highest BCUT2D eigenvalue weighted by Gasteiger charge is 2.53. The van der Waals surface area contributed by atoms with Gasteiger partial charge in [0.1, 0.15) is 29.4 Å². The minimum Gasteiger partial charge on any atom is -0.459 e. The number of aliphatic imine (C=N–C) groups is 1. The van der Waals surface area contributed by atoms with E-state index in [1.54, 1.807) is 27.0 Å². The molecule has 0 unspecified atom stereocenters. The van der Waals surface area contributed by atoms with Crippen LogP contribution in [-0.2, 0) is 49.5 Å². The van der Waals surface area contributed by atoms with E-state index in [9.17, 15) is 24.6 Å². The maximum Gasteiger partial charge on any atom is 0.316 e. The average molecular weight is 825 g/mol. The molecule has 59 heavy (non-hydrogen) atoms. The second-order valence-electron chi connectivity index (χ2n) is 17.3. The van der Waals surface area contributed by atoms with E-state index in [0.29, 0.717) is 23.5 Å². The number of benzene rings is 1. The topological polar surface area (TPSA) is 188 Å². The number of likely N-dealkylation sites (N-methyl/N-ethyl adjacent to an activating group) is 1. The Bertz CT molecular complexity index is 1860. The van der Waals surface area contributed by atoms with Gasteiger partial charge in [0.05, 0.1) is 42.8 Å². The molecule has 2 bridgehead atoms. The molecule has 2 N–H and O–H groups in total. The fourth-order valence-electron chi connectivity index (χ4n) is 9.09. The van der Waals surface area contributed by atoms with Gasteiger partial charge in [-0.1, -0.05) is 57.1 Å². The Morgan fingerprint density at radius 2 is 1.76 bits per heavy atom. The van der Waals surface area contributed by atoms with Crippen molar-refractivity contribution < 1.29 is 53.1 Å². The third kappa shape index (κ3) is 10.4. The van der Waals surface area contributed by atoms with E-state index in [0.717, 1.165) is 10.8 Å². The monoisotopic (exact) mass is 824 g/mol. The normalized spacial score (nSPS) is 38.1. The number of oxime groups is 1. The van der Waals surface area contributed by atoms with Gasteiger partial charge in [-0.3, -0.25) is 19.4 Å². The number of hydrogen-bond acceptors (Lipinski definition) is 14. The molecular weight excluding hydrogens is 761 g/mol. The Kier molecular flexibility index (Phi) is 15.2. The first-order valence-corrected chi connectivity index (χ1v) is 20.8. The summed E-state index contributed by atoms with van der Waals surface area (Å²) in [6, 6.07) is 9.40. The van der Waals surface area contributed by atoms with Crippen LogP contribution in [0.15, 0.2) is 46.7 Å². The number of aromatic nitrogens is 1. The lowest BCUT2D eigenvalue weighted by Crippen LogP contribution is -2.60. The molecule has 1 amide bonds. The van der Waals surface area contributed by atoms with Crippen LogP contribution in [0.1, 0.15) is 87.3 Å². The summed E-state index contributed by atoms with van der Waals surface area (Å²) in [6.45, 7) is 14.8. The summed E-state index contributed by atoms with van der Waals surface area (Å²) in [5, 5.41) is 30.5. The van der Waals surface area contributed by atoms with Crippen LogP contribution < -0.4 is 0 Å². The van der Waals surface area contributed by atoms with E-state index in [-0.39, 0.29) is 44.8 Å². The summed E-state index contributed by atoms with van der Waals surface area (Å²) in [4.78, 5) is 58.1. The summed E-state index contributed by atoms with van der Waals surface area (Å²) in [5.41, 5.74) is -1.87. The Labute approximate surface area is 347 Å². The number of nitrogens with zero attached hydrogens (tertiary/aromatic N) is 4. The number of carbonyl (C=O) groups excluding carboxylic acids is 3. The molecule has 326 valence electrons. The smallest absolute Gasteiger partial charge is 0.316 e. The maximum atomic E-state index is 14.5. The number of hydrogen-bond donors (Lipinski definition) is 2. The molecule has 5 rings (SSSR count). The molecule has 0 spiro atoms. The summed E-state index contributed by atoms with van der Waals surface area (Å²) in [7, 11) is 3.74. The molecule has 1 aromatic carbocycles. The van der Waals surface area contributed by atoms with Gasteiger partial charge in [0.25, 0.3) is 0 Å². The van der Waals surface area contributed by atoms with Gasteiger partial charge < -0.3 is 43.6 Å². The molecule has 15 heteroatoms. The van der Waals surface area contributed by atoms with Crippen LogP contribution in [0.2, 0.25) is 0 Å². The minimum atomic E-state index is -1.85. The molecule has 3 fully saturated rings. The summed E-state index contributed by atoms with van der Waals surface area (Å²) < 4.78 is 32.5. The predicted octanol–water partition coefficient (Wildman–Crippen LogP) is 4.67. The second-order valence-corrected chi connectivity index (χ2v) is 17.3. The number of amides is 1. The van der Waals surface area contributed by atoms with Crippen LogP contribution >= 0.6 is 0 Å². The first-order chi connectivity index (χ1) is 27.8. The van der Waals surface area contributed by atoms with E-state index in [1.165, 1.54) is 20.8 Å². The van der Waals surface area contributed by atoms with Crippen molar-refractivity contribution >= 4 is 39.9 Å². The van der Waals surface area contributed by atoms with Gasteiger partial charge in [0, 0.05) is 42.1 Å². The Morgan fingerprint density at radius 3 is 2.44 bits per heavy atom. The summed E-state index contributed by atoms with van der Waals surface area (Å²) in [5.74, 6) is -5.31. The fourth-order valence-corrected chi connectivity index (χ4v) is 9.09. The largest absolute Gasteiger partial charge is 0.459 e. The lowest BCUT2D eigenvalue weighted by atomic mass is 9.73. The predicted molar refractivity (Wildman–Crippen MR) is 221 cm³/mol. The Morgan fingerprint density at radius 1 is 1.05 bits per heavy atom.